The maximum Gasteiger partial charge on any atom is 0.314 e. The summed E-state index contributed by atoms with van der Waals surface area (Å²) in [5.74, 6) is 0.722. The zero-order valence-electron chi connectivity index (χ0n) is 23.4. The summed E-state index contributed by atoms with van der Waals surface area (Å²) < 4.78 is 12.0. The summed E-state index contributed by atoms with van der Waals surface area (Å²) in [7, 11) is 1.78. The van der Waals surface area contributed by atoms with Gasteiger partial charge in [0.25, 0.3) is 0 Å². The van der Waals surface area contributed by atoms with Crippen LogP contribution in [0.1, 0.15) is 106 Å². The van der Waals surface area contributed by atoms with Crippen LogP contribution in [0.25, 0.3) is 0 Å². The standard InChI is InChI=1S/C31H48O4/c1-26(2,34-8)15-9-16-30(7)23-13-18-29(6)21-10-11-22-27(3,4)24(32)14-17-28(22,5)20(21)12-19-31(23,29)25(33)35-30/h10,12,22-24,32H,9,11,13-19H2,1-8H3/t22-,23+,24-,28+,29-,30-,31+/m0/s1. The van der Waals surface area contributed by atoms with Crippen LogP contribution in [-0.4, -0.2) is 35.5 Å². The Bertz CT molecular complexity index is 974. The molecule has 0 amide bonds. The number of rotatable bonds is 5. The van der Waals surface area contributed by atoms with Crippen molar-refractivity contribution < 1.29 is 19.4 Å². The summed E-state index contributed by atoms with van der Waals surface area (Å²) in [6.07, 6.45) is 13.3. The van der Waals surface area contributed by atoms with Crippen LogP contribution in [0.2, 0.25) is 0 Å². The van der Waals surface area contributed by atoms with Gasteiger partial charge >= 0.3 is 5.97 Å². The molecule has 0 radical (unpaired) electrons. The lowest BCUT2D eigenvalue weighted by Crippen LogP contribution is -2.55. The van der Waals surface area contributed by atoms with Crippen LogP contribution in [0.4, 0.5) is 0 Å². The molecule has 0 aromatic heterocycles. The molecule has 1 N–H and O–H groups in total. The van der Waals surface area contributed by atoms with E-state index >= 15 is 0 Å². The van der Waals surface area contributed by atoms with Crippen LogP contribution < -0.4 is 0 Å². The molecule has 0 unspecified atom stereocenters. The van der Waals surface area contributed by atoms with Gasteiger partial charge in [-0.05, 0) is 106 Å². The van der Waals surface area contributed by atoms with Gasteiger partial charge in [-0.15, -0.1) is 0 Å². The van der Waals surface area contributed by atoms with E-state index in [1.54, 1.807) is 7.11 Å². The van der Waals surface area contributed by atoms with Crippen molar-refractivity contribution in [3.8, 4) is 0 Å². The molecule has 35 heavy (non-hydrogen) atoms. The molecule has 1 aliphatic heterocycles. The van der Waals surface area contributed by atoms with E-state index in [-0.39, 0.29) is 39.8 Å². The van der Waals surface area contributed by atoms with E-state index in [4.69, 9.17) is 9.47 Å². The third-order valence-electron chi connectivity index (χ3n) is 12.1. The second kappa shape index (κ2) is 7.69. The Labute approximate surface area is 212 Å². The number of fused-ring (bicyclic) bond motifs is 4. The van der Waals surface area contributed by atoms with Crippen LogP contribution in [0.5, 0.6) is 0 Å². The van der Waals surface area contributed by atoms with Crippen molar-refractivity contribution >= 4 is 5.97 Å². The predicted octanol–water partition coefficient (Wildman–Crippen LogP) is 6.76. The van der Waals surface area contributed by atoms with Gasteiger partial charge in [0.1, 0.15) is 5.60 Å². The lowest BCUT2D eigenvalue weighted by molar-refractivity contribution is -0.158. The molecule has 4 aliphatic carbocycles. The number of hydrogen-bond donors (Lipinski definition) is 1. The Morgan fingerprint density at radius 3 is 2.46 bits per heavy atom. The molecule has 5 rings (SSSR count). The predicted molar refractivity (Wildman–Crippen MR) is 139 cm³/mol. The molecule has 1 spiro atoms. The molecule has 0 aromatic rings. The molecule has 1 heterocycles. The van der Waals surface area contributed by atoms with Gasteiger partial charge in [0, 0.05) is 18.4 Å². The summed E-state index contributed by atoms with van der Waals surface area (Å²) in [5, 5.41) is 10.8. The Morgan fingerprint density at radius 1 is 1.06 bits per heavy atom. The molecule has 196 valence electrons. The van der Waals surface area contributed by atoms with Crippen molar-refractivity contribution in [1.82, 2.24) is 0 Å². The Morgan fingerprint density at radius 2 is 1.77 bits per heavy atom. The van der Waals surface area contributed by atoms with Gasteiger partial charge in [0.15, 0.2) is 0 Å². The Hall–Kier alpha value is -1.13. The van der Waals surface area contributed by atoms with Crippen LogP contribution in [-0.2, 0) is 14.3 Å². The number of allylic oxidation sites excluding steroid dienone is 4. The molecule has 1 saturated heterocycles. The maximum atomic E-state index is 13.9. The maximum absolute atomic E-state index is 13.9. The topological polar surface area (TPSA) is 55.8 Å². The van der Waals surface area contributed by atoms with Gasteiger partial charge in [-0.2, -0.15) is 0 Å². The largest absolute Gasteiger partial charge is 0.459 e. The Balaban J connectivity index is 1.49. The summed E-state index contributed by atoms with van der Waals surface area (Å²) in [6, 6.07) is 0. The average Bonchev–Trinajstić information content (AvgIpc) is 3.22. The molecule has 7 atom stereocenters. The summed E-state index contributed by atoms with van der Waals surface area (Å²) >= 11 is 0. The molecule has 3 fully saturated rings. The highest BCUT2D eigenvalue weighted by Gasteiger charge is 2.74. The lowest BCUT2D eigenvalue weighted by Gasteiger charge is -2.60. The van der Waals surface area contributed by atoms with Gasteiger partial charge in [0.05, 0.1) is 17.1 Å². The number of cyclic esters (lactones) is 1. The molecule has 0 bridgehead atoms. The first-order valence-corrected chi connectivity index (χ1v) is 14.1. The number of aliphatic hydroxyl groups is 1. The average molecular weight is 485 g/mol. The SMILES string of the molecule is COC(C)(C)CCC[C@]1(C)OC(=O)[C@]23CC=C4C(=CC[C@H]5C(C)(C)[C@@H](O)CC[C@]45C)[C@]2(C)CC[C@@H]31. The van der Waals surface area contributed by atoms with E-state index in [2.05, 4.69) is 60.6 Å². The minimum atomic E-state index is -0.444. The smallest absolute Gasteiger partial charge is 0.314 e. The highest BCUT2D eigenvalue weighted by Crippen LogP contribution is 2.74. The van der Waals surface area contributed by atoms with E-state index in [1.807, 2.05) is 0 Å². The monoisotopic (exact) mass is 484 g/mol. The molecular formula is C31H48O4. The second-order valence-corrected chi connectivity index (χ2v) is 14.4. The Kier molecular flexibility index (Phi) is 5.61. The summed E-state index contributed by atoms with van der Waals surface area (Å²) in [4.78, 5) is 13.9. The van der Waals surface area contributed by atoms with Crippen molar-refractivity contribution in [2.45, 2.75) is 124 Å². The first-order chi connectivity index (χ1) is 16.2. The molecule has 0 aromatic carbocycles. The first-order valence-electron chi connectivity index (χ1n) is 14.1. The number of hydrogen-bond acceptors (Lipinski definition) is 4. The molecule has 5 aliphatic rings. The number of aliphatic hydroxyl groups excluding tert-OH is 1. The summed E-state index contributed by atoms with van der Waals surface area (Å²) in [5.41, 5.74) is 1.70. The first kappa shape index (κ1) is 25.5. The fourth-order valence-corrected chi connectivity index (χ4v) is 9.58. The fraction of sp³-hybridized carbons (Fsp3) is 0.839. The van der Waals surface area contributed by atoms with Crippen LogP contribution in [0, 0.1) is 33.5 Å². The highest BCUT2D eigenvalue weighted by molar-refractivity contribution is 5.84. The van der Waals surface area contributed by atoms with E-state index in [1.165, 1.54) is 11.1 Å². The zero-order chi connectivity index (χ0) is 25.7. The van der Waals surface area contributed by atoms with Crippen molar-refractivity contribution in [1.29, 1.82) is 0 Å². The van der Waals surface area contributed by atoms with Crippen LogP contribution in [0.3, 0.4) is 0 Å². The van der Waals surface area contributed by atoms with Gasteiger partial charge < -0.3 is 14.6 Å². The molecule has 4 heteroatoms. The fourth-order valence-electron chi connectivity index (χ4n) is 9.58. The lowest BCUT2D eigenvalue weighted by atomic mass is 9.44. The van der Waals surface area contributed by atoms with Gasteiger partial charge in [-0.1, -0.05) is 39.8 Å². The highest BCUT2D eigenvalue weighted by atomic mass is 16.6. The number of esters is 1. The third kappa shape index (κ3) is 3.20. The zero-order valence-corrected chi connectivity index (χ0v) is 23.4. The second-order valence-electron chi connectivity index (χ2n) is 14.4. The third-order valence-corrected chi connectivity index (χ3v) is 12.1. The quantitative estimate of drug-likeness (QED) is 0.438. The number of carbonyl (C=O) groups is 1. The van der Waals surface area contributed by atoms with Crippen molar-refractivity contribution in [2.75, 3.05) is 7.11 Å². The minimum absolute atomic E-state index is 0.0406. The number of ether oxygens (including phenoxy) is 2. The van der Waals surface area contributed by atoms with Gasteiger partial charge in [0.2, 0.25) is 0 Å². The van der Waals surface area contributed by atoms with Crippen molar-refractivity contribution in [3.63, 3.8) is 0 Å². The minimum Gasteiger partial charge on any atom is -0.459 e. The van der Waals surface area contributed by atoms with E-state index in [0.717, 1.165) is 57.8 Å². The van der Waals surface area contributed by atoms with Crippen molar-refractivity contribution in [3.05, 3.63) is 23.3 Å². The van der Waals surface area contributed by atoms with E-state index in [9.17, 15) is 9.90 Å². The van der Waals surface area contributed by atoms with E-state index in [0.29, 0.717) is 5.92 Å². The van der Waals surface area contributed by atoms with Crippen LogP contribution in [0.15, 0.2) is 23.3 Å². The summed E-state index contributed by atoms with van der Waals surface area (Å²) in [6.45, 7) is 15.8. The molecular weight excluding hydrogens is 436 g/mol. The number of carbonyl (C=O) groups excluding carboxylic acids is 1. The van der Waals surface area contributed by atoms with Gasteiger partial charge in [-0.3, -0.25) is 4.79 Å². The van der Waals surface area contributed by atoms with E-state index < -0.39 is 11.0 Å². The van der Waals surface area contributed by atoms with Crippen molar-refractivity contribution in [2.24, 2.45) is 33.5 Å². The molecule has 4 nitrogen and oxygen atoms in total. The molecule has 2 saturated carbocycles. The van der Waals surface area contributed by atoms with Gasteiger partial charge in [-0.25, -0.2) is 0 Å². The normalized spacial score (nSPS) is 46.1. The van der Waals surface area contributed by atoms with Crippen LogP contribution >= 0.6 is 0 Å². The number of methoxy groups -OCH3 is 1.